The Hall–Kier alpha value is -3.16. The third kappa shape index (κ3) is 3.78. The van der Waals surface area contributed by atoms with E-state index < -0.39 is 0 Å². The lowest BCUT2D eigenvalue weighted by Gasteiger charge is -2.09. The molecule has 2 amide bonds. The van der Waals surface area contributed by atoms with Crippen molar-refractivity contribution in [1.29, 1.82) is 0 Å². The van der Waals surface area contributed by atoms with Gasteiger partial charge in [0.05, 0.1) is 24.3 Å². The van der Waals surface area contributed by atoms with Gasteiger partial charge >= 0.3 is 6.03 Å². The molecule has 0 spiro atoms. The lowest BCUT2D eigenvalue weighted by Crippen LogP contribution is -2.34. The molecule has 0 aliphatic heterocycles. The molecular weight excluding hydrogens is 313 g/mol. The minimum Gasteiger partial charge on any atom is -0.359 e. The smallest absolute Gasteiger partial charge is 0.315 e. The second-order valence-corrected chi connectivity index (χ2v) is 5.23. The van der Waals surface area contributed by atoms with Crippen LogP contribution >= 0.6 is 0 Å². The van der Waals surface area contributed by atoms with Gasteiger partial charge < -0.3 is 19.7 Å². The quantitative estimate of drug-likeness (QED) is 0.752. The average Bonchev–Trinajstić information content (AvgIpc) is 3.23. The summed E-state index contributed by atoms with van der Waals surface area (Å²) in [6.07, 6.45) is 4.76. The van der Waals surface area contributed by atoms with E-state index in [-0.39, 0.29) is 24.9 Å². The van der Waals surface area contributed by atoms with E-state index in [1.807, 2.05) is 0 Å². The Balaban J connectivity index is 1.52. The first-order valence-electron chi connectivity index (χ1n) is 7.32. The molecule has 2 heterocycles. The molecule has 3 aromatic rings. The molecule has 2 aromatic heterocycles. The van der Waals surface area contributed by atoms with Crippen molar-refractivity contribution < 1.29 is 13.7 Å². The number of amides is 2. The number of rotatable bonds is 5. The Morgan fingerprint density at radius 3 is 2.79 bits per heavy atom. The fraction of sp³-hybridized carbons (Fsp3) is 0.188. The summed E-state index contributed by atoms with van der Waals surface area (Å²) in [6, 6.07) is 6.14. The highest BCUT2D eigenvalue weighted by Crippen LogP contribution is 2.14. The first kappa shape index (κ1) is 15.7. The average molecular weight is 329 g/mol. The molecule has 0 unspecified atom stereocenters. The summed E-state index contributed by atoms with van der Waals surface area (Å²) in [7, 11) is 0. The fourth-order valence-electron chi connectivity index (χ4n) is 2.18. The number of carbonyl (C=O) groups is 1. The molecule has 124 valence electrons. The first-order valence-corrected chi connectivity index (χ1v) is 7.32. The Bertz CT molecular complexity index is 829. The molecule has 0 aliphatic carbocycles. The minimum absolute atomic E-state index is 0.211. The topological polar surface area (TPSA) is 85.0 Å². The van der Waals surface area contributed by atoms with Crippen LogP contribution in [-0.4, -0.2) is 20.7 Å². The van der Waals surface area contributed by atoms with E-state index >= 15 is 0 Å². The lowest BCUT2D eigenvalue weighted by molar-refractivity contribution is 0.238. The number of benzene rings is 1. The standard InChI is InChI=1S/C16H16FN5O2/c1-11-6-13(24-21-11)9-20-16(23)19-8-12-2-3-15(14(17)7-12)22-5-4-18-10-22/h2-7,10H,8-9H2,1H3,(H2,19,20,23). The van der Waals surface area contributed by atoms with Gasteiger partial charge in [0.2, 0.25) is 0 Å². The van der Waals surface area contributed by atoms with Gasteiger partial charge in [-0.05, 0) is 24.6 Å². The zero-order valence-corrected chi connectivity index (χ0v) is 13.0. The molecule has 0 radical (unpaired) electrons. The highest BCUT2D eigenvalue weighted by molar-refractivity contribution is 5.73. The van der Waals surface area contributed by atoms with Crippen LogP contribution in [0.2, 0.25) is 0 Å². The summed E-state index contributed by atoms with van der Waals surface area (Å²) >= 11 is 0. The number of aryl methyl sites for hydroxylation is 1. The maximum Gasteiger partial charge on any atom is 0.315 e. The number of nitrogens with one attached hydrogen (secondary N) is 2. The number of imidazole rings is 1. The van der Waals surface area contributed by atoms with Crippen LogP contribution in [0.3, 0.4) is 0 Å². The largest absolute Gasteiger partial charge is 0.359 e. The van der Waals surface area contributed by atoms with Crippen molar-refractivity contribution in [2.45, 2.75) is 20.0 Å². The summed E-state index contributed by atoms with van der Waals surface area (Å²) < 4.78 is 20.7. The van der Waals surface area contributed by atoms with E-state index in [1.54, 1.807) is 42.1 Å². The van der Waals surface area contributed by atoms with Crippen molar-refractivity contribution >= 4 is 6.03 Å². The first-order chi connectivity index (χ1) is 11.6. The summed E-state index contributed by atoms with van der Waals surface area (Å²) in [4.78, 5) is 15.6. The summed E-state index contributed by atoms with van der Waals surface area (Å²) in [5.41, 5.74) is 1.81. The molecule has 0 aliphatic rings. The zero-order chi connectivity index (χ0) is 16.9. The third-order valence-corrected chi connectivity index (χ3v) is 3.35. The van der Waals surface area contributed by atoms with Gasteiger partial charge in [0.15, 0.2) is 5.76 Å². The number of hydrogen-bond acceptors (Lipinski definition) is 4. The third-order valence-electron chi connectivity index (χ3n) is 3.35. The number of hydrogen-bond donors (Lipinski definition) is 2. The van der Waals surface area contributed by atoms with Crippen molar-refractivity contribution in [2.24, 2.45) is 0 Å². The predicted octanol–water partition coefficient (Wildman–Crippen LogP) is 2.31. The molecule has 0 bridgehead atoms. The number of nitrogens with zero attached hydrogens (tertiary/aromatic N) is 3. The van der Waals surface area contributed by atoms with Crippen LogP contribution in [0.5, 0.6) is 0 Å². The molecule has 2 N–H and O–H groups in total. The summed E-state index contributed by atoms with van der Waals surface area (Å²) in [5, 5.41) is 9.03. The highest BCUT2D eigenvalue weighted by atomic mass is 19.1. The molecule has 24 heavy (non-hydrogen) atoms. The van der Waals surface area contributed by atoms with Crippen LogP contribution in [0.1, 0.15) is 17.0 Å². The van der Waals surface area contributed by atoms with Crippen molar-refractivity contribution in [1.82, 2.24) is 25.3 Å². The van der Waals surface area contributed by atoms with Gasteiger partial charge in [-0.1, -0.05) is 11.2 Å². The molecular formula is C16H16FN5O2. The van der Waals surface area contributed by atoms with Gasteiger partial charge in [-0.3, -0.25) is 0 Å². The van der Waals surface area contributed by atoms with Crippen molar-refractivity contribution in [2.75, 3.05) is 0 Å². The Kier molecular flexibility index (Phi) is 4.55. The highest BCUT2D eigenvalue weighted by Gasteiger charge is 2.07. The van der Waals surface area contributed by atoms with Crippen molar-refractivity contribution in [3.63, 3.8) is 0 Å². The fourth-order valence-corrected chi connectivity index (χ4v) is 2.18. The van der Waals surface area contributed by atoms with Gasteiger partial charge in [-0.25, -0.2) is 14.2 Å². The molecule has 0 fully saturated rings. The van der Waals surface area contributed by atoms with E-state index in [4.69, 9.17) is 4.52 Å². The zero-order valence-electron chi connectivity index (χ0n) is 13.0. The van der Waals surface area contributed by atoms with Crippen LogP contribution < -0.4 is 10.6 Å². The summed E-state index contributed by atoms with van der Waals surface area (Å²) in [5.74, 6) is 0.184. The Morgan fingerprint density at radius 2 is 2.12 bits per heavy atom. The maximum atomic E-state index is 14.1. The number of halogens is 1. The second kappa shape index (κ2) is 6.95. The Labute approximate surface area is 137 Å². The molecule has 0 saturated heterocycles. The normalized spacial score (nSPS) is 10.6. The van der Waals surface area contributed by atoms with E-state index in [2.05, 4.69) is 20.8 Å². The van der Waals surface area contributed by atoms with Crippen LogP contribution in [0.25, 0.3) is 5.69 Å². The summed E-state index contributed by atoms with van der Waals surface area (Å²) in [6.45, 7) is 2.25. The molecule has 8 heteroatoms. The van der Waals surface area contributed by atoms with Gasteiger partial charge in [0.1, 0.15) is 5.82 Å². The number of urea groups is 1. The SMILES string of the molecule is Cc1cc(CNC(=O)NCc2ccc(-n3ccnc3)c(F)c2)on1. The Morgan fingerprint density at radius 1 is 1.29 bits per heavy atom. The van der Waals surface area contributed by atoms with Crippen LogP contribution in [-0.2, 0) is 13.1 Å². The predicted molar refractivity (Wildman–Crippen MR) is 83.8 cm³/mol. The van der Waals surface area contributed by atoms with Crippen molar-refractivity contribution in [3.05, 3.63) is 65.8 Å². The van der Waals surface area contributed by atoms with Gasteiger partial charge in [0.25, 0.3) is 0 Å². The van der Waals surface area contributed by atoms with Gasteiger partial charge in [0, 0.05) is 25.0 Å². The van der Waals surface area contributed by atoms with Crippen molar-refractivity contribution in [3.8, 4) is 5.69 Å². The molecule has 0 atom stereocenters. The van der Waals surface area contributed by atoms with Gasteiger partial charge in [-0.2, -0.15) is 0 Å². The van der Waals surface area contributed by atoms with E-state index in [9.17, 15) is 9.18 Å². The monoisotopic (exact) mass is 329 g/mol. The maximum absolute atomic E-state index is 14.1. The molecule has 1 aromatic carbocycles. The van der Waals surface area contributed by atoms with E-state index in [0.29, 0.717) is 17.0 Å². The van der Waals surface area contributed by atoms with E-state index in [0.717, 1.165) is 5.69 Å². The number of aromatic nitrogens is 3. The second-order valence-electron chi connectivity index (χ2n) is 5.23. The molecule has 3 rings (SSSR count). The molecule has 0 saturated carbocycles. The minimum atomic E-state index is -0.384. The number of carbonyl (C=O) groups excluding carboxylic acids is 1. The molecule has 7 nitrogen and oxygen atoms in total. The van der Waals surface area contributed by atoms with Crippen LogP contribution in [0.4, 0.5) is 9.18 Å². The van der Waals surface area contributed by atoms with Gasteiger partial charge in [-0.15, -0.1) is 0 Å². The van der Waals surface area contributed by atoms with E-state index in [1.165, 1.54) is 12.4 Å². The lowest BCUT2D eigenvalue weighted by atomic mass is 10.2. The van der Waals surface area contributed by atoms with Crippen LogP contribution in [0.15, 0.2) is 47.5 Å². The van der Waals surface area contributed by atoms with Crippen LogP contribution in [0, 0.1) is 12.7 Å².